The Bertz CT molecular complexity index is 506. The van der Waals surface area contributed by atoms with Gasteiger partial charge in [0.05, 0.1) is 12.9 Å². The third-order valence-electron chi connectivity index (χ3n) is 2.23. The molecule has 0 fully saturated rings. The summed E-state index contributed by atoms with van der Waals surface area (Å²) in [5.41, 5.74) is 0. The summed E-state index contributed by atoms with van der Waals surface area (Å²) in [5.74, 6) is 1.26. The molecule has 8 nitrogen and oxygen atoms in total. The van der Waals surface area contributed by atoms with Crippen LogP contribution >= 0.6 is 0 Å². The Labute approximate surface area is 112 Å². The molecule has 1 aromatic heterocycles. The van der Waals surface area contributed by atoms with E-state index in [0.717, 1.165) is 13.0 Å². The Balaban J connectivity index is 2.76. The van der Waals surface area contributed by atoms with Crippen molar-refractivity contribution in [1.82, 2.24) is 9.97 Å². The summed E-state index contributed by atoms with van der Waals surface area (Å²) in [6.07, 6.45) is 2.32. The van der Waals surface area contributed by atoms with Gasteiger partial charge in [0.25, 0.3) is 0 Å². The van der Waals surface area contributed by atoms with Gasteiger partial charge in [-0.15, -0.1) is 0 Å². The first-order valence-electron chi connectivity index (χ1n) is 5.85. The molecule has 9 heteroatoms. The Morgan fingerprint density at radius 1 is 1.26 bits per heavy atom. The van der Waals surface area contributed by atoms with Gasteiger partial charge in [-0.3, -0.25) is 0 Å². The summed E-state index contributed by atoms with van der Waals surface area (Å²) in [7, 11) is -2.00. The average Bonchev–Trinajstić information content (AvgIpc) is 2.34. The van der Waals surface area contributed by atoms with Crippen molar-refractivity contribution >= 4 is 21.7 Å². The summed E-state index contributed by atoms with van der Waals surface area (Å²) in [5, 5.41) is 10.9. The van der Waals surface area contributed by atoms with Crippen LogP contribution in [0, 0.1) is 0 Å². The first-order chi connectivity index (χ1) is 8.98. The smallest absolute Gasteiger partial charge is 0.210 e. The summed E-state index contributed by atoms with van der Waals surface area (Å²) in [4.78, 5) is 8.09. The highest BCUT2D eigenvalue weighted by molar-refractivity contribution is 7.89. The highest BCUT2D eigenvalue weighted by atomic mass is 32.2. The molecule has 0 aliphatic carbocycles. The van der Waals surface area contributed by atoms with Crippen molar-refractivity contribution in [3.05, 3.63) is 6.33 Å². The molecule has 0 saturated carbocycles. The molecular formula is C10H19N5O3S. The maximum absolute atomic E-state index is 10.8. The maximum atomic E-state index is 10.8. The molecule has 0 aliphatic heterocycles. The van der Waals surface area contributed by atoms with Gasteiger partial charge in [-0.2, -0.15) is 0 Å². The van der Waals surface area contributed by atoms with Crippen LogP contribution in [0.1, 0.15) is 13.3 Å². The fourth-order valence-electron chi connectivity index (χ4n) is 1.37. The molecule has 0 unspecified atom stereocenters. The highest BCUT2D eigenvalue weighted by Gasteiger charge is 2.12. The zero-order chi connectivity index (χ0) is 14.3. The molecule has 0 radical (unpaired) electrons. The minimum atomic E-state index is -3.50. The zero-order valence-corrected chi connectivity index (χ0v) is 11.8. The number of nitrogens with zero attached hydrogens (tertiary/aromatic N) is 2. The van der Waals surface area contributed by atoms with Crippen LogP contribution in [0.3, 0.4) is 0 Å². The topological polar surface area (TPSA) is 119 Å². The highest BCUT2D eigenvalue weighted by Crippen LogP contribution is 2.28. The number of nitrogens with one attached hydrogen (secondary N) is 2. The number of methoxy groups -OCH3 is 1. The summed E-state index contributed by atoms with van der Waals surface area (Å²) in [6, 6.07) is 0. The SMILES string of the molecule is CCCNc1ncnc(NCCS(N)(=O)=O)c1OC. The fraction of sp³-hybridized carbons (Fsp3) is 0.600. The lowest BCUT2D eigenvalue weighted by molar-refractivity contribution is 0.414. The Hall–Kier alpha value is -1.61. The molecule has 1 heterocycles. The lowest BCUT2D eigenvalue weighted by Gasteiger charge is -2.13. The summed E-state index contributed by atoms with van der Waals surface area (Å²) < 4.78 is 26.9. The number of nitrogens with two attached hydrogens (primary N) is 1. The molecule has 0 spiro atoms. The number of hydrogen-bond acceptors (Lipinski definition) is 7. The zero-order valence-electron chi connectivity index (χ0n) is 11.0. The van der Waals surface area contributed by atoms with Crippen LogP contribution in [-0.4, -0.2) is 44.3 Å². The van der Waals surface area contributed by atoms with Crippen molar-refractivity contribution < 1.29 is 13.2 Å². The Morgan fingerprint density at radius 2 is 1.84 bits per heavy atom. The molecular weight excluding hydrogens is 270 g/mol. The minimum Gasteiger partial charge on any atom is -0.490 e. The van der Waals surface area contributed by atoms with Crippen molar-refractivity contribution in [2.75, 3.05) is 36.6 Å². The van der Waals surface area contributed by atoms with E-state index in [-0.39, 0.29) is 12.3 Å². The number of primary sulfonamides is 1. The first kappa shape index (κ1) is 15.4. The van der Waals surface area contributed by atoms with E-state index in [2.05, 4.69) is 20.6 Å². The van der Waals surface area contributed by atoms with Gasteiger partial charge in [-0.1, -0.05) is 6.92 Å². The van der Waals surface area contributed by atoms with Crippen LogP contribution in [0.15, 0.2) is 6.33 Å². The van der Waals surface area contributed by atoms with Gasteiger partial charge >= 0.3 is 0 Å². The molecule has 1 aromatic rings. The van der Waals surface area contributed by atoms with Crippen LogP contribution in [-0.2, 0) is 10.0 Å². The second-order valence-corrected chi connectivity index (χ2v) is 5.56. The quantitative estimate of drug-likeness (QED) is 0.616. The van der Waals surface area contributed by atoms with E-state index >= 15 is 0 Å². The minimum absolute atomic E-state index is 0.152. The van der Waals surface area contributed by atoms with Gasteiger partial charge in [-0.25, -0.2) is 23.5 Å². The van der Waals surface area contributed by atoms with Crippen LogP contribution in [0.4, 0.5) is 11.6 Å². The maximum Gasteiger partial charge on any atom is 0.210 e. The van der Waals surface area contributed by atoms with E-state index in [9.17, 15) is 8.42 Å². The van der Waals surface area contributed by atoms with Crippen molar-refractivity contribution in [3.8, 4) is 5.75 Å². The molecule has 0 amide bonds. The largest absolute Gasteiger partial charge is 0.490 e. The average molecular weight is 289 g/mol. The second-order valence-electron chi connectivity index (χ2n) is 3.82. The van der Waals surface area contributed by atoms with Gasteiger partial charge < -0.3 is 15.4 Å². The van der Waals surface area contributed by atoms with Crippen LogP contribution < -0.4 is 20.5 Å². The number of sulfonamides is 1. The molecule has 0 atom stereocenters. The molecule has 0 bridgehead atoms. The monoisotopic (exact) mass is 289 g/mol. The Morgan fingerprint density at radius 3 is 2.32 bits per heavy atom. The van der Waals surface area contributed by atoms with E-state index < -0.39 is 10.0 Å². The van der Waals surface area contributed by atoms with Crippen LogP contribution in [0.5, 0.6) is 5.75 Å². The van der Waals surface area contributed by atoms with Gasteiger partial charge in [0, 0.05) is 13.1 Å². The van der Waals surface area contributed by atoms with Gasteiger partial charge in [0.2, 0.25) is 15.8 Å². The molecule has 108 valence electrons. The van der Waals surface area contributed by atoms with Crippen LogP contribution in [0.2, 0.25) is 0 Å². The molecule has 4 N–H and O–H groups in total. The van der Waals surface area contributed by atoms with E-state index in [0.29, 0.717) is 17.4 Å². The Kier molecular flexibility index (Phi) is 5.77. The predicted molar refractivity (Wildman–Crippen MR) is 73.8 cm³/mol. The lowest BCUT2D eigenvalue weighted by Crippen LogP contribution is -2.23. The van der Waals surface area contributed by atoms with E-state index in [4.69, 9.17) is 9.88 Å². The van der Waals surface area contributed by atoms with Crippen molar-refractivity contribution in [1.29, 1.82) is 0 Å². The third-order valence-corrected chi connectivity index (χ3v) is 3.00. The summed E-state index contributed by atoms with van der Waals surface area (Å²) in [6.45, 7) is 2.94. The summed E-state index contributed by atoms with van der Waals surface area (Å²) >= 11 is 0. The molecule has 1 rings (SSSR count). The second kappa shape index (κ2) is 7.10. The standard InChI is InChI=1S/C10H19N5O3S/c1-3-4-12-9-8(18-2)10(15-7-14-9)13-5-6-19(11,16)17/h7H,3-6H2,1-2H3,(H2,11,16,17)(H2,12,13,14,15). The van der Waals surface area contributed by atoms with E-state index in [1.807, 2.05) is 6.92 Å². The number of ether oxygens (including phenoxy) is 1. The number of hydrogen-bond donors (Lipinski definition) is 3. The van der Waals surface area contributed by atoms with E-state index in [1.165, 1.54) is 13.4 Å². The fourth-order valence-corrected chi connectivity index (χ4v) is 1.76. The van der Waals surface area contributed by atoms with Gasteiger partial charge in [-0.05, 0) is 6.42 Å². The van der Waals surface area contributed by atoms with Gasteiger partial charge in [0.15, 0.2) is 11.6 Å². The molecule has 0 aromatic carbocycles. The first-order valence-corrected chi connectivity index (χ1v) is 7.56. The number of anilines is 2. The third kappa shape index (κ3) is 5.26. The normalized spacial score (nSPS) is 11.1. The lowest BCUT2D eigenvalue weighted by atomic mass is 10.4. The van der Waals surface area contributed by atoms with Crippen molar-refractivity contribution in [2.24, 2.45) is 5.14 Å². The van der Waals surface area contributed by atoms with Crippen molar-refractivity contribution in [3.63, 3.8) is 0 Å². The molecule has 0 saturated heterocycles. The predicted octanol–water partition coefficient (Wildman–Crippen LogP) is 0.00750. The van der Waals surface area contributed by atoms with Crippen molar-refractivity contribution in [2.45, 2.75) is 13.3 Å². The molecule has 0 aliphatic rings. The van der Waals surface area contributed by atoms with Crippen LogP contribution in [0.25, 0.3) is 0 Å². The van der Waals surface area contributed by atoms with Gasteiger partial charge in [0.1, 0.15) is 6.33 Å². The number of rotatable bonds is 8. The molecule has 19 heavy (non-hydrogen) atoms. The number of aromatic nitrogens is 2. The van der Waals surface area contributed by atoms with E-state index in [1.54, 1.807) is 0 Å².